The quantitative estimate of drug-likeness (QED) is 0.368. The summed E-state index contributed by atoms with van der Waals surface area (Å²) in [6.45, 7) is 3.26. The van der Waals surface area contributed by atoms with Crippen molar-refractivity contribution in [3.8, 4) is 11.8 Å². The summed E-state index contributed by atoms with van der Waals surface area (Å²) < 4.78 is 29.8. The number of anilines is 5. The number of nitrogens with zero attached hydrogens (tertiary/aromatic N) is 4. The van der Waals surface area contributed by atoms with E-state index < -0.39 is 5.82 Å². The van der Waals surface area contributed by atoms with Crippen molar-refractivity contribution in [2.45, 2.75) is 19.9 Å². The second-order valence-corrected chi connectivity index (χ2v) is 7.44. The van der Waals surface area contributed by atoms with Crippen molar-refractivity contribution >= 4 is 34.8 Å². The molecule has 0 atom stereocenters. The van der Waals surface area contributed by atoms with Gasteiger partial charge in [-0.2, -0.15) is 9.97 Å². The molecule has 3 N–H and O–H groups in total. The minimum Gasteiger partial charge on any atom is -0.481 e. The Labute approximate surface area is 201 Å². The Morgan fingerprint density at radius 2 is 2.03 bits per heavy atom. The maximum atomic E-state index is 14.4. The van der Waals surface area contributed by atoms with Gasteiger partial charge >= 0.3 is 5.97 Å². The number of nitrogens with one attached hydrogen (secondary N) is 3. The fourth-order valence-corrected chi connectivity index (χ4v) is 3.53. The number of carbonyl (C=O) groups is 1. The van der Waals surface area contributed by atoms with Crippen LogP contribution in [0.1, 0.15) is 18.9 Å². The Morgan fingerprint density at radius 1 is 1.17 bits per heavy atom. The highest BCUT2D eigenvalue weighted by Crippen LogP contribution is 2.31. The van der Waals surface area contributed by atoms with Crippen molar-refractivity contribution < 1.29 is 23.4 Å². The second-order valence-electron chi connectivity index (χ2n) is 7.44. The summed E-state index contributed by atoms with van der Waals surface area (Å²) in [4.78, 5) is 24.1. The first-order chi connectivity index (χ1) is 17.0. The molecule has 0 amide bonds. The van der Waals surface area contributed by atoms with E-state index in [4.69, 9.17) is 14.2 Å². The third-order valence-electron chi connectivity index (χ3n) is 5.17. The minimum absolute atomic E-state index is 0.0410. The van der Waals surface area contributed by atoms with E-state index >= 15 is 0 Å². The summed E-state index contributed by atoms with van der Waals surface area (Å²) in [5, 5.41) is 7.90. The molecule has 35 heavy (non-hydrogen) atoms. The van der Waals surface area contributed by atoms with Crippen LogP contribution in [0, 0.1) is 5.82 Å². The van der Waals surface area contributed by atoms with Gasteiger partial charge in [-0.15, -0.1) is 0 Å². The lowest BCUT2D eigenvalue weighted by molar-refractivity contribution is -0.142. The smallest absolute Gasteiger partial charge is 0.307 e. The molecule has 11 nitrogen and oxygen atoms in total. The maximum absolute atomic E-state index is 14.4. The molecule has 0 aliphatic carbocycles. The highest BCUT2D eigenvalue weighted by molar-refractivity contribution is 5.71. The third kappa shape index (κ3) is 5.66. The molecular weight excluding hydrogens is 457 g/mol. The summed E-state index contributed by atoms with van der Waals surface area (Å²) in [5.74, 6) is -0.107. The topological polar surface area (TPSA) is 123 Å². The molecule has 1 aliphatic heterocycles. The first-order valence-electron chi connectivity index (χ1n) is 11.0. The van der Waals surface area contributed by atoms with E-state index in [9.17, 15) is 9.18 Å². The van der Waals surface area contributed by atoms with Crippen LogP contribution in [0.15, 0.2) is 36.5 Å². The van der Waals surface area contributed by atoms with Crippen LogP contribution in [-0.2, 0) is 16.1 Å². The number of halogens is 1. The Kier molecular flexibility index (Phi) is 7.41. The molecule has 0 spiro atoms. The van der Waals surface area contributed by atoms with Gasteiger partial charge in [0.25, 0.3) is 0 Å². The van der Waals surface area contributed by atoms with Crippen LogP contribution in [0.2, 0.25) is 0 Å². The summed E-state index contributed by atoms with van der Waals surface area (Å²) in [7, 11) is 2.95. The molecular formula is C23H26FN7O4. The first kappa shape index (κ1) is 24.0. The van der Waals surface area contributed by atoms with Gasteiger partial charge in [0.1, 0.15) is 5.69 Å². The van der Waals surface area contributed by atoms with E-state index in [0.717, 1.165) is 23.1 Å². The lowest BCUT2D eigenvalue weighted by Crippen LogP contribution is -2.34. The van der Waals surface area contributed by atoms with Gasteiger partial charge in [-0.05, 0) is 36.8 Å². The zero-order valence-corrected chi connectivity index (χ0v) is 19.6. The van der Waals surface area contributed by atoms with E-state index in [1.165, 1.54) is 14.2 Å². The van der Waals surface area contributed by atoms with Gasteiger partial charge in [0.15, 0.2) is 11.6 Å². The highest BCUT2D eigenvalue weighted by atomic mass is 19.1. The Balaban J connectivity index is 1.46. The molecule has 3 heterocycles. The highest BCUT2D eigenvalue weighted by Gasteiger charge is 2.20. The van der Waals surface area contributed by atoms with Crippen molar-refractivity contribution in [2.24, 2.45) is 0 Å². The minimum atomic E-state index is -0.635. The zero-order chi connectivity index (χ0) is 24.8. The number of ether oxygens (including phenoxy) is 3. The van der Waals surface area contributed by atoms with Crippen LogP contribution < -0.4 is 30.5 Å². The van der Waals surface area contributed by atoms with Crippen molar-refractivity contribution in [2.75, 3.05) is 43.0 Å². The molecule has 1 aromatic carbocycles. The lowest BCUT2D eigenvalue weighted by atomic mass is 10.1. The number of rotatable bonds is 10. The summed E-state index contributed by atoms with van der Waals surface area (Å²) >= 11 is 0. The Bertz CT molecular complexity index is 1210. The van der Waals surface area contributed by atoms with E-state index in [1.807, 2.05) is 23.2 Å². The van der Waals surface area contributed by atoms with E-state index in [-0.39, 0.29) is 30.0 Å². The first-order valence-corrected chi connectivity index (χ1v) is 11.0. The number of esters is 1. The molecule has 3 aromatic rings. The Morgan fingerprint density at radius 3 is 2.80 bits per heavy atom. The molecule has 184 valence electrons. The second kappa shape index (κ2) is 10.8. The van der Waals surface area contributed by atoms with Crippen LogP contribution in [0.5, 0.6) is 11.8 Å². The van der Waals surface area contributed by atoms with Crippen LogP contribution in [-0.4, -0.2) is 48.3 Å². The van der Waals surface area contributed by atoms with Crippen LogP contribution in [0.25, 0.3) is 0 Å². The normalized spacial score (nSPS) is 12.2. The van der Waals surface area contributed by atoms with Crippen LogP contribution in [0.3, 0.4) is 0 Å². The number of benzene rings is 1. The van der Waals surface area contributed by atoms with Crippen LogP contribution in [0.4, 0.5) is 33.2 Å². The molecule has 0 radical (unpaired) electrons. The molecule has 4 rings (SSSR count). The molecule has 0 unspecified atom stereocenters. The molecule has 2 aromatic heterocycles. The Hall–Kier alpha value is -4.19. The predicted molar refractivity (Wildman–Crippen MR) is 128 cm³/mol. The van der Waals surface area contributed by atoms with Crippen LogP contribution >= 0.6 is 0 Å². The SMILES string of the molecule is CCOC(=O)CCN1NCc2cc(Nc3ncc(F)c(Nc4ccc(OC)nc4OC)n3)ccc21. The number of hydrogen-bond acceptors (Lipinski definition) is 11. The predicted octanol–water partition coefficient (Wildman–Crippen LogP) is 3.29. The number of methoxy groups -OCH3 is 2. The van der Waals surface area contributed by atoms with Gasteiger partial charge < -0.3 is 29.9 Å². The standard InChI is InChI=1S/C23H26FN7O4/c1-4-35-20(32)9-10-31-18-7-5-15(11-14(18)12-26-31)27-23-25-13-16(24)21(30-23)28-17-6-8-19(33-2)29-22(17)34-3/h5-8,11,13,26H,4,9-10,12H2,1-3H3,(H2,25,27,28,30). The number of aromatic nitrogens is 3. The van der Waals surface area contributed by atoms with E-state index in [0.29, 0.717) is 31.3 Å². The number of hydrazine groups is 1. The summed E-state index contributed by atoms with van der Waals surface area (Å²) in [6, 6.07) is 9.01. The maximum Gasteiger partial charge on any atom is 0.307 e. The van der Waals surface area contributed by atoms with Gasteiger partial charge in [0.05, 0.1) is 39.1 Å². The molecule has 12 heteroatoms. The molecule has 0 saturated carbocycles. The average Bonchev–Trinajstić information content (AvgIpc) is 3.27. The summed E-state index contributed by atoms with van der Waals surface area (Å²) in [5.41, 5.74) is 6.42. The van der Waals surface area contributed by atoms with Gasteiger partial charge in [0, 0.05) is 24.8 Å². The zero-order valence-electron chi connectivity index (χ0n) is 19.6. The van der Waals surface area contributed by atoms with Crippen molar-refractivity contribution in [1.82, 2.24) is 20.4 Å². The van der Waals surface area contributed by atoms with Crippen molar-refractivity contribution in [3.63, 3.8) is 0 Å². The number of hydrogen-bond donors (Lipinski definition) is 3. The third-order valence-corrected chi connectivity index (χ3v) is 5.17. The molecule has 1 aliphatic rings. The van der Waals surface area contributed by atoms with E-state index in [2.05, 4.69) is 31.0 Å². The van der Waals surface area contributed by atoms with Gasteiger partial charge in [-0.3, -0.25) is 4.79 Å². The monoisotopic (exact) mass is 483 g/mol. The van der Waals surface area contributed by atoms with Crippen molar-refractivity contribution in [1.29, 1.82) is 0 Å². The number of pyridine rings is 1. The average molecular weight is 484 g/mol. The fourth-order valence-electron chi connectivity index (χ4n) is 3.53. The summed E-state index contributed by atoms with van der Waals surface area (Å²) in [6.07, 6.45) is 1.36. The van der Waals surface area contributed by atoms with Gasteiger partial charge in [-0.25, -0.2) is 14.8 Å². The molecule has 0 saturated heterocycles. The number of carbonyl (C=O) groups excluding carboxylic acids is 1. The fraction of sp³-hybridized carbons (Fsp3) is 0.304. The lowest BCUT2D eigenvalue weighted by Gasteiger charge is -2.19. The van der Waals surface area contributed by atoms with E-state index in [1.54, 1.807) is 19.1 Å². The van der Waals surface area contributed by atoms with Crippen molar-refractivity contribution in [3.05, 3.63) is 47.9 Å². The largest absolute Gasteiger partial charge is 0.481 e. The molecule has 0 fully saturated rings. The van der Waals surface area contributed by atoms with Gasteiger partial charge in [0.2, 0.25) is 17.7 Å². The molecule has 0 bridgehead atoms. The van der Waals surface area contributed by atoms with Gasteiger partial charge in [-0.1, -0.05) is 0 Å². The number of fused-ring (bicyclic) bond motifs is 1.